The molecule has 1 aromatic heterocycles. The van der Waals surface area contributed by atoms with Crippen molar-refractivity contribution in [2.45, 2.75) is 0 Å². The van der Waals surface area contributed by atoms with Crippen molar-refractivity contribution in [3.05, 3.63) is 54.5 Å². The molecule has 74 valence electrons. The predicted octanol–water partition coefficient (Wildman–Crippen LogP) is 2.69. The van der Waals surface area contributed by atoms with Crippen molar-refractivity contribution in [3.63, 3.8) is 0 Å². The Morgan fingerprint density at radius 2 is 2.00 bits per heavy atom. The first-order chi connectivity index (χ1) is 6.36. The van der Waals surface area contributed by atoms with Crippen LogP contribution in [0.25, 0.3) is 11.3 Å². The molecular formula is C11H7FNPt-. The Morgan fingerprint density at radius 1 is 1.14 bits per heavy atom. The number of halogens is 1. The van der Waals surface area contributed by atoms with Crippen LogP contribution in [0.5, 0.6) is 0 Å². The van der Waals surface area contributed by atoms with Gasteiger partial charge in [-0.15, -0.1) is 29.8 Å². The zero-order chi connectivity index (χ0) is 9.10. The first-order valence-corrected chi connectivity index (χ1v) is 3.95. The van der Waals surface area contributed by atoms with Gasteiger partial charge in [-0.2, -0.15) is 0 Å². The number of nitrogens with zero attached hydrogens (tertiary/aromatic N) is 1. The molecule has 1 aromatic carbocycles. The maximum absolute atomic E-state index is 12.6. The molecule has 1 heterocycles. The molecule has 0 fully saturated rings. The summed E-state index contributed by atoms with van der Waals surface area (Å²) >= 11 is 0. The van der Waals surface area contributed by atoms with E-state index < -0.39 is 0 Å². The zero-order valence-corrected chi connectivity index (χ0v) is 9.46. The molecule has 0 unspecified atom stereocenters. The van der Waals surface area contributed by atoms with Gasteiger partial charge in [-0.05, 0) is 11.8 Å². The Balaban J connectivity index is 0.000000980. The second kappa shape index (κ2) is 5.02. The summed E-state index contributed by atoms with van der Waals surface area (Å²) in [4.78, 5) is 4.12. The number of hydrogen-bond donors (Lipinski definition) is 0. The van der Waals surface area contributed by atoms with Gasteiger partial charge in [0.25, 0.3) is 0 Å². The van der Waals surface area contributed by atoms with Crippen LogP contribution in [0.4, 0.5) is 4.39 Å². The second-order valence-corrected chi connectivity index (χ2v) is 2.64. The van der Waals surface area contributed by atoms with Crippen LogP contribution < -0.4 is 0 Å². The van der Waals surface area contributed by atoms with Crippen LogP contribution in [0.3, 0.4) is 0 Å². The van der Waals surface area contributed by atoms with Crippen LogP contribution in [0, 0.1) is 11.9 Å². The molecule has 0 radical (unpaired) electrons. The topological polar surface area (TPSA) is 12.9 Å². The van der Waals surface area contributed by atoms with Crippen molar-refractivity contribution >= 4 is 0 Å². The molecular weight excluding hydrogens is 360 g/mol. The Morgan fingerprint density at radius 3 is 2.57 bits per heavy atom. The Bertz CT molecular complexity index is 386. The summed E-state index contributed by atoms with van der Waals surface area (Å²) in [6.07, 6.45) is 1.70. The van der Waals surface area contributed by atoms with E-state index in [0.717, 1.165) is 11.3 Å². The third-order valence-corrected chi connectivity index (χ3v) is 1.72. The molecule has 1 nitrogen and oxygen atoms in total. The van der Waals surface area contributed by atoms with Crippen molar-refractivity contribution in [2.24, 2.45) is 0 Å². The fraction of sp³-hybridized carbons (Fsp3) is 0. The smallest absolute Gasteiger partial charge is 0.0379 e. The van der Waals surface area contributed by atoms with Gasteiger partial charge in [0.2, 0.25) is 0 Å². The van der Waals surface area contributed by atoms with Crippen LogP contribution in [0.15, 0.2) is 42.6 Å². The normalized spacial score (nSPS) is 9.21. The van der Waals surface area contributed by atoms with Crippen LogP contribution in [0.1, 0.15) is 0 Å². The third kappa shape index (κ3) is 2.49. The molecule has 14 heavy (non-hydrogen) atoms. The molecule has 0 aliphatic rings. The Labute approximate surface area is 96.3 Å². The fourth-order valence-electron chi connectivity index (χ4n) is 1.09. The summed E-state index contributed by atoms with van der Waals surface area (Å²) in [5.74, 6) is -0.278. The third-order valence-electron chi connectivity index (χ3n) is 1.72. The van der Waals surface area contributed by atoms with Crippen molar-refractivity contribution in [2.75, 3.05) is 0 Å². The summed E-state index contributed by atoms with van der Waals surface area (Å²) in [5, 5.41) is 0. The molecule has 0 amide bonds. The monoisotopic (exact) mass is 367 g/mol. The van der Waals surface area contributed by atoms with E-state index in [9.17, 15) is 4.39 Å². The molecule has 2 rings (SSSR count). The summed E-state index contributed by atoms with van der Waals surface area (Å²) in [6.45, 7) is 0. The summed E-state index contributed by atoms with van der Waals surface area (Å²) in [5.41, 5.74) is 1.62. The summed E-state index contributed by atoms with van der Waals surface area (Å²) < 4.78 is 12.6. The average molecular weight is 367 g/mol. The molecule has 0 saturated carbocycles. The first kappa shape index (κ1) is 11.1. The van der Waals surface area contributed by atoms with Gasteiger partial charge in [-0.25, -0.2) is 0 Å². The average Bonchev–Trinajstić information content (AvgIpc) is 2.20. The molecule has 0 bridgehead atoms. The maximum atomic E-state index is 12.6. The maximum Gasteiger partial charge on any atom is 0.0379 e. The van der Waals surface area contributed by atoms with E-state index in [4.69, 9.17) is 0 Å². The van der Waals surface area contributed by atoms with Crippen molar-refractivity contribution in [1.82, 2.24) is 4.98 Å². The van der Waals surface area contributed by atoms with Gasteiger partial charge >= 0.3 is 0 Å². The Hall–Kier alpha value is -1.01. The van der Waals surface area contributed by atoms with Gasteiger partial charge in [0.05, 0.1) is 0 Å². The van der Waals surface area contributed by atoms with E-state index in [1.807, 2.05) is 18.2 Å². The number of aromatic nitrogens is 1. The van der Waals surface area contributed by atoms with E-state index in [1.165, 1.54) is 12.1 Å². The summed E-state index contributed by atoms with van der Waals surface area (Å²) in [7, 11) is 0. The van der Waals surface area contributed by atoms with E-state index in [-0.39, 0.29) is 26.9 Å². The zero-order valence-electron chi connectivity index (χ0n) is 7.18. The van der Waals surface area contributed by atoms with Crippen LogP contribution in [-0.4, -0.2) is 4.98 Å². The Kier molecular flexibility index (Phi) is 3.96. The molecule has 3 heteroatoms. The number of hydrogen-bond acceptors (Lipinski definition) is 1. The molecule has 0 spiro atoms. The van der Waals surface area contributed by atoms with E-state index in [1.54, 1.807) is 12.3 Å². The van der Waals surface area contributed by atoms with E-state index in [2.05, 4.69) is 11.1 Å². The summed E-state index contributed by atoms with van der Waals surface area (Å²) in [6, 6.07) is 12.8. The minimum atomic E-state index is -0.278. The van der Waals surface area contributed by atoms with E-state index >= 15 is 0 Å². The van der Waals surface area contributed by atoms with Crippen LogP contribution in [-0.2, 0) is 21.1 Å². The van der Waals surface area contributed by atoms with Crippen molar-refractivity contribution in [3.8, 4) is 11.3 Å². The van der Waals surface area contributed by atoms with Gasteiger partial charge in [0.1, 0.15) is 0 Å². The number of rotatable bonds is 1. The standard InChI is InChI=1S/C11H7FN.Pt/c12-10-6-4-9(5-7-10)11-3-1-2-8-13-11;/h1-4,6-8H;/q-1;. The quantitative estimate of drug-likeness (QED) is 0.707. The molecule has 0 N–H and O–H groups in total. The molecule has 2 aromatic rings. The van der Waals surface area contributed by atoms with Crippen LogP contribution in [0.2, 0.25) is 0 Å². The second-order valence-electron chi connectivity index (χ2n) is 2.64. The van der Waals surface area contributed by atoms with Gasteiger partial charge < -0.3 is 4.98 Å². The largest absolute Gasteiger partial charge is 0.305 e. The molecule has 0 saturated heterocycles. The predicted molar refractivity (Wildman–Crippen MR) is 48.5 cm³/mol. The van der Waals surface area contributed by atoms with E-state index in [0.29, 0.717) is 0 Å². The van der Waals surface area contributed by atoms with Gasteiger partial charge in [-0.1, -0.05) is 12.1 Å². The van der Waals surface area contributed by atoms with Crippen LogP contribution >= 0.6 is 0 Å². The molecule has 0 aliphatic heterocycles. The van der Waals surface area contributed by atoms with Gasteiger partial charge in [0, 0.05) is 33.1 Å². The fourth-order valence-corrected chi connectivity index (χ4v) is 1.09. The number of pyridine rings is 1. The minimum absolute atomic E-state index is 0. The van der Waals surface area contributed by atoms with Crippen molar-refractivity contribution < 1.29 is 25.5 Å². The van der Waals surface area contributed by atoms with Crippen molar-refractivity contribution in [1.29, 1.82) is 0 Å². The van der Waals surface area contributed by atoms with Gasteiger partial charge in [-0.3, -0.25) is 4.39 Å². The minimum Gasteiger partial charge on any atom is -0.305 e. The first-order valence-electron chi connectivity index (χ1n) is 3.95. The molecule has 0 atom stereocenters. The SMILES string of the molecule is Fc1c[c-]c(-c2ccccn2)cc1.[Pt]. The number of benzene rings is 1. The van der Waals surface area contributed by atoms with Gasteiger partial charge in [0.15, 0.2) is 0 Å². The molecule has 0 aliphatic carbocycles.